The number of benzene rings is 1. The summed E-state index contributed by atoms with van der Waals surface area (Å²) in [5.41, 5.74) is 2.78. The molecule has 0 aliphatic heterocycles. The number of halogens is 2. The second-order valence-corrected chi connectivity index (χ2v) is 6.72. The molecule has 0 saturated heterocycles. The zero-order valence-electron chi connectivity index (χ0n) is 17.1. The van der Waals surface area contributed by atoms with Gasteiger partial charge in [0.2, 0.25) is 0 Å². The molecule has 0 aliphatic carbocycles. The Morgan fingerprint density at radius 1 is 1.15 bits per heavy atom. The monoisotopic (exact) mass is 361 g/mol. The van der Waals surface area contributed by atoms with Gasteiger partial charge >= 0.3 is 0 Å². The van der Waals surface area contributed by atoms with E-state index < -0.39 is 11.6 Å². The lowest BCUT2D eigenvalue weighted by Gasteiger charge is -2.28. The Labute approximate surface area is 158 Å². The Balaban J connectivity index is 3.85. The zero-order chi connectivity index (χ0) is 19.7. The summed E-state index contributed by atoms with van der Waals surface area (Å²) < 4.78 is 29.3. The summed E-state index contributed by atoms with van der Waals surface area (Å²) in [5.74, 6) is -0.609. The molecule has 1 rings (SSSR count). The lowest BCUT2D eigenvalue weighted by molar-refractivity contribution is 0.482. The molecule has 0 radical (unpaired) electrons. The van der Waals surface area contributed by atoms with Crippen LogP contribution in [0.15, 0.2) is 47.6 Å². The molecule has 1 nitrogen and oxygen atoms in total. The van der Waals surface area contributed by atoms with Crippen molar-refractivity contribution in [1.29, 1.82) is 0 Å². The normalized spacial score (nSPS) is 14.5. The van der Waals surface area contributed by atoms with E-state index >= 15 is 0 Å². The van der Waals surface area contributed by atoms with Gasteiger partial charge in [-0.2, -0.15) is 0 Å². The molecule has 1 aromatic carbocycles. The molecule has 0 saturated carbocycles. The van der Waals surface area contributed by atoms with Gasteiger partial charge in [0.25, 0.3) is 0 Å². The smallest absolute Gasteiger partial charge is 0.135 e. The molecule has 0 amide bonds. The fraction of sp³-hybridized carbons (Fsp3) is 0.478. The molecule has 26 heavy (non-hydrogen) atoms. The molecule has 0 bridgehead atoms. The molecule has 0 heterocycles. The predicted molar refractivity (Wildman–Crippen MR) is 109 cm³/mol. The van der Waals surface area contributed by atoms with Crippen LogP contribution in [-0.2, 0) is 0 Å². The van der Waals surface area contributed by atoms with Crippen molar-refractivity contribution < 1.29 is 8.78 Å². The molecule has 0 fully saturated rings. The van der Waals surface area contributed by atoms with E-state index in [1.807, 2.05) is 37.9 Å². The van der Waals surface area contributed by atoms with Gasteiger partial charge < -0.3 is 4.90 Å². The van der Waals surface area contributed by atoms with Gasteiger partial charge in [0.15, 0.2) is 0 Å². The summed E-state index contributed by atoms with van der Waals surface area (Å²) in [4.78, 5) is 1.95. The molecular formula is C23H33F2N. The maximum atomic E-state index is 14.7. The highest BCUT2D eigenvalue weighted by Gasteiger charge is 2.23. The minimum Gasteiger partial charge on any atom is -0.374 e. The van der Waals surface area contributed by atoms with Gasteiger partial charge in [-0.3, -0.25) is 0 Å². The van der Waals surface area contributed by atoms with Gasteiger partial charge in [-0.1, -0.05) is 51.5 Å². The highest BCUT2D eigenvalue weighted by molar-refractivity contribution is 5.73. The van der Waals surface area contributed by atoms with Crippen LogP contribution in [0.4, 0.5) is 8.78 Å². The van der Waals surface area contributed by atoms with Gasteiger partial charge in [-0.05, 0) is 55.9 Å². The lowest BCUT2D eigenvalue weighted by Crippen LogP contribution is -2.21. The first-order chi connectivity index (χ1) is 12.4. The van der Waals surface area contributed by atoms with Crippen molar-refractivity contribution >= 4 is 5.70 Å². The molecule has 1 unspecified atom stereocenters. The zero-order valence-corrected chi connectivity index (χ0v) is 17.1. The molecule has 0 spiro atoms. The largest absolute Gasteiger partial charge is 0.374 e. The third-order valence-electron chi connectivity index (χ3n) is 4.71. The highest BCUT2D eigenvalue weighted by atomic mass is 19.1. The van der Waals surface area contributed by atoms with E-state index in [9.17, 15) is 8.78 Å². The van der Waals surface area contributed by atoms with Gasteiger partial charge in [-0.15, -0.1) is 0 Å². The standard InChI is InChI=1S/C23H33F2N/c1-7-12-18(13-8-2)19(16-17(5)9-3)23(26(6)10-4)22-20(24)14-11-15-21(22)25/h7,11-15,17H,8-10,16H2,1-6H3/b12-7-,18-13+,23-19+. The van der Waals surface area contributed by atoms with Gasteiger partial charge in [0, 0.05) is 13.6 Å². The molecule has 0 aromatic heterocycles. The third-order valence-corrected chi connectivity index (χ3v) is 4.71. The molecule has 1 atom stereocenters. The Morgan fingerprint density at radius 3 is 2.23 bits per heavy atom. The summed E-state index contributed by atoms with van der Waals surface area (Å²) in [6, 6.07) is 4.09. The van der Waals surface area contributed by atoms with E-state index in [4.69, 9.17) is 0 Å². The molecular weight excluding hydrogens is 328 g/mol. The second kappa shape index (κ2) is 10.9. The Kier molecular flexibility index (Phi) is 9.32. The van der Waals surface area contributed by atoms with Crippen LogP contribution in [0.25, 0.3) is 5.70 Å². The van der Waals surface area contributed by atoms with Crippen LogP contribution in [-0.4, -0.2) is 18.5 Å². The molecule has 1 aromatic rings. The summed E-state index contributed by atoms with van der Waals surface area (Å²) in [6.45, 7) is 11.0. The number of hydrogen-bond acceptors (Lipinski definition) is 1. The summed E-state index contributed by atoms with van der Waals surface area (Å²) >= 11 is 0. The fourth-order valence-electron chi connectivity index (χ4n) is 2.99. The van der Waals surface area contributed by atoms with Crippen molar-refractivity contribution in [1.82, 2.24) is 4.90 Å². The minimum absolute atomic E-state index is 0.0710. The van der Waals surface area contributed by atoms with Crippen LogP contribution in [0.2, 0.25) is 0 Å². The first kappa shape index (κ1) is 22.1. The SMILES string of the molecule is C\C=C/C(=C\CC)C(/CC(C)CC)=C(\c1c(F)cccc1F)N(C)CC. The number of hydrogen-bond donors (Lipinski definition) is 0. The van der Waals surface area contributed by atoms with Crippen molar-refractivity contribution in [2.45, 2.75) is 53.9 Å². The number of allylic oxidation sites excluding steroid dienone is 5. The minimum atomic E-state index is -0.515. The van der Waals surface area contributed by atoms with Crippen LogP contribution in [0.3, 0.4) is 0 Å². The molecule has 144 valence electrons. The van der Waals surface area contributed by atoms with Crippen molar-refractivity contribution in [2.75, 3.05) is 13.6 Å². The van der Waals surface area contributed by atoms with Crippen LogP contribution >= 0.6 is 0 Å². The topological polar surface area (TPSA) is 3.24 Å². The Bertz CT molecular complexity index is 651. The molecule has 0 aliphatic rings. The van der Waals surface area contributed by atoms with E-state index in [0.717, 1.165) is 30.4 Å². The van der Waals surface area contributed by atoms with Crippen LogP contribution in [0.5, 0.6) is 0 Å². The van der Waals surface area contributed by atoms with Crippen molar-refractivity contribution in [3.8, 4) is 0 Å². The van der Waals surface area contributed by atoms with Gasteiger partial charge in [0.05, 0.1) is 11.3 Å². The highest BCUT2D eigenvalue weighted by Crippen LogP contribution is 2.35. The summed E-state index contributed by atoms with van der Waals surface area (Å²) in [5, 5.41) is 0. The average Bonchev–Trinajstić information content (AvgIpc) is 2.62. The van der Waals surface area contributed by atoms with E-state index in [0.29, 0.717) is 18.2 Å². The van der Waals surface area contributed by atoms with Crippen molar-refractivity contribution in [3.63, 3.8) is 0 Å². The first-order valence-corrected chi connectivity index (χ1v) is 9.62. The lowest BCUT2D eigenvalue weighted by atomic mass is 9.88. The van der Waals surface area contributed by atoms with E-state index in [2.05, 4.69) is 26.8 Å². The maximum Gasteiger partial charge on any atom is 0.135 e. The summed E-state index contributed by atoms with van der Waals surface area (Å²) in [7, 11) is 1.90. The van der Waals surface area contributed by atoms with Crippen LogP contribution in [0.1, 0.15) is 59.4 Å². The third kappa shape index (κ3) is 5.55. The van der Waals surface area contributed by atoms with E-state index in [1.165, 1.54) is 18.2 Å². The van der Waals surface area contributed by atoms with E-state index in [-0.39, 0.29) is 5.56 Å². The van der Waals surface area contributed by atoms with Crippen LogP contribution < -0.4 is 0 Å². The fourth-order valence-corrected chi connectivity index (χ4v) is 2.99. The Hall–Kier alpha value is -1.90. The van der Waals surface area contributed by atoms with Gasteiger partial charge in [0.1, 0.15) is 11.6 Å². The summed E-state index contributed by atoms with van der Waals surface area (Å²) in [6.07, 6.45) is 8.83. The Morgan fingerprint density at radius 2 is 1.77 bits per heavy atom. The van der Waals surface area contributed by atoms with E-state index in [1.54, 1.807) is 0 Å². The quantitative estimate of drug-likeness (QED) is 0.429. The predicted octanol–water partition coefficient (Wildman–Crippen LogP) is 6.98. The van der Waals surface area contributed by atoms with Crippen molar-refractivity contribution in [2.24, 2.45) is 5.92 Å². The van der Waals surface area contributed by atoms with Crippen LogP contribution in [0, 0.1) is 17.6 Å². The molecule has 0 N–H and O–H groups in total. The maximum absolute atomic E-state index is 14.7. The molecule has 3 heteroatoms. The average molecular weight is 362 g/mol. The van der Waals surface area contributed by atoms with Crippen molar-refractivity contribution in [3.05, 3.63) is 64.8 Å². The first-order valence-electron chi connectivity index (χ1n) is 9.62. The van der Waals surface area contributed by atoms with Gasteiger partial charge in [-0.25, -0.2) is 8.78 Å². The second-order valence-electron chi connectivity index (χ2n) is 6.72. The number of nitrogens with zero attached hydrogens (tertiary/aromatic N) is 1. The number of rotatable bonds is 9.